The van der Waals surface area contributed by atoms with Crippen LogP contribution in [0.1, 0.15) is 18.1 Å². The van der Waals surface area contributed by atoms with Gasteiger partial charge in [-0.25, -0.2) is 0 Å². The molecule has 0 atom stereocenters. The Morgan fingerprint density at radius 1 is 1.08 bits per heavy atom. The molecule has 0 radical (unpaired) electrons. The third kappa shape index (κ3) is 3.24. The van der Waals surface area contributed by atoms with Crippen molar-refractivity contribution in [2.24, 2.45) is 10.2 Å². The Kier molecular flexibility index (Phi) is 4.52. The molecular formula is C19H20N4O2. The fourth-order valence-electron chi connectivity index (χ4n) is 2.51. The number of benzene rings is 2. The zero-order valence-corrected chi connectivity index (χ0v) is 14.7. The molecule has 0 bridgehead atoms. The smallest absolute Gasteiger partial charge is 0.301 e. The van der Waals surface area contributed by atoms with E-state index in [0.717, 1.165) is 11.3 Å². The number of rotatable bonds is 4. The zero-order valence-electron chi connectivity index (χ0n) is 14.7. The van der Waals surface area contributed by atoms with Crippen LogP contribution in [0.4, 0.5) is 11.4 Å². The molecule has 1 heterocycles. The quantitative estimate of drug-likeness (QED) is 0.869. The van der Waals surface area contributed by atoms with Gasteiger partial charge in [-0.2, -0.15) is 15.2 Å². The Morgan fingerprint density at radius 3 is 2.56 bits per heavy atom. The van der Waals surface area contributed by atoms with Crippen molar-refractivity contribution in [1.29, 1.82) is 0 Å². The largest absolute Gasteiger partial charge is 0.495 e. The van der Waals surface area contributed by atoms with Gasteiger partial charge in [0.15, 0.2) is 5.71 Å². The summed E-state index contributed by atoms with van der Waals surface area (Å²) in [6.07, 6.45) is 0. The lowest BCUT2D eigenvalue weighted by Crippen LogP contribution is -2.28. The molecule has 2 aromatic carbocycles. The summed E-state index contributed by atoms with van der Waals surface area (Å²) in [5, 5.41) is 9.97. The molecule has 6 heteroatoms. The SMILES string of the molecule is COc1ccccc1N/N=C1/C(=O)N(c2ccc(C)c(C)c2)N=C1C. The number of nitrogens with one attached hydrogen (secondary N) is 1. The van der Waals surface area contributed by atoms with E-state index in [4.69, 9.17) is 4.74 Å². The lowest BCUT2D eigenvalue weighted by Gasteiger charge is -2.13. The second-order valence-corrected chi connectivity index (χ2v) is 5.84. The lowest BCUT2D eigenvalue weighted by molar-refractivity contribution is -0.112. The number of para-hydroxylation sites is 2. The van der Waals surface area contributed by atoms with Crippen molar-refractivity contribution in [2.45, 2.75) is 20.8 Å². The average Bonchev–Trinajstić information content (AvgIpc) is 2.90. The van der Waals surface area contributed by atoms with Crippen LogP contribution in [0.15, 0.2) is 52.7 Å². The molecule has 2 aromatic rings. The Labute approximate surface area is 146 Å². The summed E-state index contributed by atoms with van der Waals surface area (Å²) in [5.74, 6) is 0.390. The van der Waals surface area contributed by atoms with Crippen molar-refractivity contribution in [2.75, 3.05) is 17.5 Å². The van der Waals surface area contributed by atoms with E-state index in [-0.39, 0.29) is 11.6 Å². The number of hydrogen-bond donors (Lipinski definition) is 1. The van der Waals surface area contributed by atoms with Crippen LogP contribution in [-0.2, 0) is 4.79 Å². The number of carbonyl (C=O) groups is 1. The topological polar surface area (TPSA) is 66.3 Å². The van der Waals surface area contributed by atoms with Crippen molar-refractivity contribution >= 4 is 28.7 Å². The normalized spacial score (nSPS) is 15.5. The van der Waals surface area contributed by atoms with Crippen LogP contribution in [0, 0.1) is 13.8 Å². The van der Waals surface area contributed by atoms with E-state index >= 15 is 0 Å². The molecule has 0 aromatic heterocycles. The number of hydrogen-bond acceptors (Lipinski definition) is 5. The number of carbonyl (C=O) groups excluding carboxylic acids is 1. The number of ether oxygens (including phenoxy) is 1. The van der Waals surface area contributed by atoms with Gasteiger partial charge in [-0.1, -0.05) is 18.2 Å². The molecule has 0 spiro atoms. The fraction of sp³-hybridized carbons (Fsp3) is 0.211. The molecule has 3 rings (SSSR count). The van der Waals surface area contributed by atoms with E-state index in [2.05, 4.69) is 15.6 Å². The molecule has 0 fully saturated rings. The maximum absolute atomic E-state index is 12.7. The Balaban J connectivity index is 1.86. The molecule has 6 nitrogen and oxygen atoms in total. The molecule has 1 amide bonds. The summed E-state index contributed by atoms with van der Waals surface area (Å²) in [6, 6.07) is 13.2. The highest BCUT2D eigenvalue weighted by Gasteiger charge is 2.30. The predicted octanol–water partition coefficient (Wildman–Crippen LogP) is 3.50. The van der Waals surface area contributed by atoms with Gasteiger partial charge in [0.25, 0.3) is 0 Å². The number of amides is 1. The summed E-state index contributed by atoms with van der Waals surface area (Å²) < 4.78 is 5.27. The van der Waals surface area contributed by atoms with Gasteiger partial charge in [-0.05, 0) is 56.2 Å². The van der Waals surface area contributed by atoms with Gasteiger partial charge in [-0.3, -0.25) is 10.2 Å². The Morgan fingerprint density at radius 2 is 1.84 bits per heavy atom. The number of hydrazone groups is 2. The molecule has 1 aliphatic rings. The zero-order chi connectivity index (χ0) is 18.0. The number of aryl methyl sites for hydroxylation is 2. The van der Waals surface area contributed by atoms with E-state index in [1.165, 1.54) is 10.6 Å². The number of nitrogens with zero attached hydrogens (tertiary/aromatic N) is 3. The fourth-order valence-corrected chi connectivity index (χ4v) is 2.51. The van der Waals surface area contributed by atoms with Crippen LogP contribution in [0.3, 0.4) is 0 Å². The van der Waals surface area contributed by atoms with E-state index in [1.54, 1.807) is 14.0 Å². The summed E-state index contributed by atoms with van der Waals surface area (Å²) >= 11 is 0. The molecule has 0 saturated carbocycles. The minimum Gasteiger partial charge on any atom is -0.495 e. The number of methoxy groups -OCH3 is 1. The Bertz CT molecular complexity index is 887. The first-order chi connectivity index (χ1) is 12.0. The summed E-state index contributed by atoms with van der Waals surface area (Å²) in [7, 11) is 1.59. The average molecular weight is 336 g/mol. The highest BCUT2D eigenvalue weighted by Crippen LogP contribution is 2.25. The van der Waals surface area contributed by atoms with E-state index in [9.17, 15) is 4.79 Å². The van der Waals surface area contributed by atoms with Crippen molar-refractivity contribution in [3.63, 3.8) is 0 Å². The summed E-state index contributed by atoms with van der Waals surface area (Å²) in [4.78, 5) is 12.7. The van der Waals surface area contributed by atoms with Gasteiger partial charge in [0, 0.05) is 0 Å². The third-order valence-corrected chi connectivity index (χ3v) is 4.12. The van der Waals surface area contributed by atoms with E-state index < -0.39 is 0 Å². The molecule has 1 aliphatic heterocycles. The first-order valence-corrected chi connectivity index (χ1v) is 7.95. The van der Waals surface area contributed by atoms with Gasteiger partial charge in [0.05, 0.1) is 24.2 Å². The third-order valence-electron chi connectivity index (χ3n) is 4.12. The minimum absolute atomic E-state index is 0.261. The molecule has 0 saturated heterocycles. The van der Waals surface area contributed by atoms with Crippen molar-refractivity contribution in [3.8, 4) is 5.75 Å². The van der Waals surface area contributed by atoms with Crippen LogP contribution in [0.2, 0.25) is 0 Å². The minimum atomic E-state index is -0.261. The van der Waals surface area contributed by atoms with Crippen LogP contribution >= 0.6 is 0 Å². The molecule has 0 unspecified atom stereocenters. The molecular weight excluding hydrogens is 316 g/mol. The van der Waals surface area contributed by atoms with Crippen LogP contribution in [0.5, 0.6) is 5.75 Å². The van der Waals surface area contributed by atoms with Gasteiger partial charge >= 0.3 is 5.91 Å². The van der Waals surface area contributed by atoms with E-state index in [1.807, 2.05) is 56.3 Å². The summed E-state index contributed by atoms with van der Waals surface area (Å²) in [6.45, 7) is 5.80. The Hall–Kier alpha value is -3.15. The molecule has 0 aliphatic carbocycles. The lowest BCUT2D eigenvalue weighted by atomic mass is 10.1. The van der Waals surface area contributed by atoms with Crippen LogP contribution < -0.4 is 15.2 Å². The highest BCUT2D eigenvalue weighted by molar-refractivity contribution is 6.71. The predicted molar refractivity (Wildman–Crippen MR) is 101 cm³/mol. The first-order valence-electron chi connectivity index (χ1n) is 7.95. The molecule has 1 N–H and O–H groups in total. The van der Waals surface area contributed by atoms with Gasteiger partial charge in [0.1, 0.15) is 5.75 Å². The van der Waals surface area contributed by atoms with Gasteiger partial charge < -0.3 is 4.74 Å². The van der Waals surface area contributed by atoms with Crippen LogP contribution in [-0.4, -0.2) is 24.4 Å². The van der Waals surface area contributed by atoms with E-state index in [0.29, 0.717) is 17.1 Å². The second-order valence-electron chi connectivity index (χ2n) is 5.84. The number of anilines is 2. The second kappa shape index (κ2) is 6.76. The van der Waals surface area contributed by atoms with Gasteiger partial charge in [-0.15, -0.1) is 0 Å². The van der Waals surface area contributed by atoms with Crippen molar-refractivity contribution < 1.29 is 9.53 Å². The molecule has 128 valence electrons. The monoisotopic (exact) mass is 336 g/mol. The van der Waals surface area contributed by atoms with Gasteiger partial charge in [0.2, 0.25) is 0 Å². The molecule has 25 heavy (non-hydrogen) atoms. The van der Waals surface area contributed by atoms with Crippen LogP contribution in [0.25, 0.3) is 0 Å². The van der Waals surface area contributed by atoms with Crippen molar-refractivity contribution in [3.05, 3.63) is 53.6 Å². The maximum Gasteiger partial charge on any atom is 0.301 e. The first kappa shape index (κ1) is 16.7. The summed E-state index contributed by atoms with van der Waals surface area (Å²) in [5.41, 5.74) is 7.43. The van der Waals surface area contributed by atoms with Crippen molar-refractivity contribution in [1.82, 2.24) is 0 Å². The highest BCUT2D eigenvalue weighted by atomic mass is 16.5. The maximum atomic E-state index is 12.7. The standard InChI is InChI=1S/C19H20N4O2/c1-12-9-10-15(11-13(12)2)23-19(24)18(14(3)22-23)21-20-16-7-5-6-8-17(16)25-4/h5-11,20H,1-4H3/b21-18+.